The normalized spacial score (nSPS) is 12.1. The number of furan rings is 1. The summed E-state index contributed by atoms with van der Waals surface area (Å²) in [5.41, 5.74) is 12.8. The third-order valence-electron chi connectivity index (χ3n) is 11.9. The second-order valence-corrected chi connectivity index (χ2v) is 15.1. The maximum atomic E-state index is 6.69. The number of rotatable bonds is 4. The molecule has 12 aromatic rings. The number of benzene rings is 9. The molecule has 0 saturated heterocycles. The van der Waals surface area contributed by atoms with E-state index in [1.54, 1.807) is 0 Å². The Morgan fingerprint density at radius 2 is 1.00 bits per heavy atom. The quantitative estimate of drug-likeness (QED) is 0.180. The Bertz CT molecular complexity index is 3670. The van der Waals surface area contributed by atoms with Gasteiger partial charge in [0, 0.05) is 55.6 Å². The van der Waals surface area contributed by atoms with Crippen molar-refractivity contribution < 1.29 is 4.42 Å². The topological polar surface area (TPSA) is 56.7 Å². The Hall–Kier alpha value is -7.89. The molecule has 3 aromatic heterocycles. The monoisotopic (exact) mass is 738 g/mol. The molecule has 0 N–H and O–H groups in total. The molecule has 5 nitrogen and oxygen atoms in total. The average Bonchev–Trinajstić information content (AvgIpc) is 3.79. The summed E-state index contributed by atoms with van der Waals surface area (Å²) >= 11 is 0. The van der Waals surface area contributed by atoms with Crippen molar-refractivity contribution in [3.05, 3.63) is 182 Å². The van der Waals surface area contributed by atoms with Crippen LogP contribution in [-0.2, 0) is 0 Å². The molecule has 0 saturated carbocycles. The van der Waals surface area contributed by atoms with Gasteiger partial charge >= 0.3 is 0 Å². The molecule has 9 aromatic carbocycles. The predicted molar refractivity (Wildman–Crippen MR) is 237 cm³/mol. The van der Waals surface area contributed by atoms with Crippen molar-refractivity contribution in [2.24, 2.45) is 0 Å². The van der Waals surface area contributed by atoms with Crippen molar-refractivity contribution in [3.8, 4) is 62.1 Å². The lowest BCUT2D eigenvalue weighted by atomic mass is 9.91. The molecule has 0 amide bonds. The van der Waals surface area contributed by atoms with Crippen molar-refractivity contribution in [1.82, 2.24) is 19.5 Å². The number of hydrogen-bond donors (Lipinski definition) is 0. The van der Waals surface area contributed by atoms with Crippen LogP contribution in [0.25, 0.3) is 127 Å². The van der Waals surface area contributed by atoms with Gasteiger partial charge in [-0.25, -0.2) is 15.0 Å². The molecule has 0 radical (unpaired) electrons. The highest BCUT2D eigenvalue weighted by Gasteiger charge is 2.28. The van der Waals surface area contributed by atoms with Gasteiger partial charge in [0.2, 0.25) is 0 Å². The largest absolute Gasteiger partial charge is 0.456 e. The molecular formula is C53H30N4O. The fourth-order valence-corrected chi connectivity index (χ4v) is 9.39. The third kappa shape index (κ3) is 4.44. The summed E-state index contributed by atoms with van der Waals surface area (Å²) in [6.45, 7) is 0. The lowest BCUT2D eigenvalue weighted by Crippen LogP contribution is -2.00. The van der Waals surface area contributed by atoms with Crippen LogP contribution in [0.1, 0.15) is 0 Å². The van der Waals surface area contributed by atoms with E-state index in [0.29, 0.717) is 17.5 Å². The Morgan fingerprint density at radius 1 is 0.362 bits per heavy atom. The van der Waals surface area contributed by atoms with Crippen LogP contribution in [0.4, 0.5) is 0 Å². The third-order valence-corrected chi connectivity index (χ3v) is 11.9. The van der Waals surface area contributed by atoms with Gasteiger partial charge in [-0.1, -0.05) is 133 Å². The second kappa shape index (κ2) is 11.8. The maximum absolute atomic E-state index is 6.69. The van der Waals surface area contributed by atoms with Gasteiger partial charge in [0.05, 0.1) is 11.0 Å². The zero-order valence-corrected chi connectivity index (χ0v) is 31.0. The van der Waals surface area contributed by atoms with Crippen molar-refractivity contribution in [3.63, 3.8) is 0 Å². The van der Waals surface area contributed by atoms with Gasteiger partial charge in [-0.15, -0.1) is 0 Å². The summed E-state index contributed by atoms with van der Waals surface area (Å²) < 4.78 is 9.09. The highest BCUT2D eigenvalue weighted by atomic mass is 16.3. The fraction of sp³-hybridized carbons (Fsp3) is 0. The maximum Gasteiger partial charge on any atom is 0.164 e. The van der Waals surface area contributed by atoms with E-state index in [2.05, 4.69) is 150 Å². The lowest BCUT2D eigenvalue weighted by Gasteiger charge is -2.15. The SMILES string of the molecule is c1ccc(-c2nc(-c3ccc(-n4c5cc6oc7ccccc7c6c6c5c5c7c(cccc7ccc54)-c4ccccc4-6)cc3)nc(-c3ccc4ccccc4c3)n2)cc1. The standard InChI is InChI=1S/C53H30N4O/c1-2-12-33(13-3-1)51-54-52(56-53(55-51)36-22-21-31-11-4-5-14-35(31)29-36)34-23-26-37(27-24-34)57-42-28-25-32-15-10-19-39-38-16-6-7-17-40(38)48-47-41-18-8-9-20-44(41)58-45(47)30-43(57)50(48)49(42)46(32)39/h1-30H. The van der Waals surface area contributed by atoms with Gasteiger partial charge in [-0.3, -0.25) is 0 Å². The first-order valence-corrected chi connectivity index (χ1v) is 19.6. The molecule has 0 fully saturated rings. The zero-order chi connectivity index (χ0) is 37.9. The molecule has 0 unspecified atom stereocenters. The average molecular weight is 739 g/mol. The van der Waals surface area contributed by atoms with Crippen LogP contribution < -0.4 is 0 Å². The van der Waals surface area contributed by atoms with E-state index in [1.165, 1.54) is 49.2 Å². The molecule has 0 atom stereocenters. The molecule has 58 heavy (non-hydrogen) atoms. The summed E-state index contributed by atoms with van der Waals surface area (Å²) in [7, 11) is 0. The smallest absolute Gasteiger partial charge is 0.164 e. The minimum atomic E-state index is 0.624. The van der Waals surface area contributed by atoms with Gasteiger partial charge in [-0.05, 0) is 80.7 Å². The Labute approximate surface area is 332 Å². The van der Waals surface area contributed by atoms with Gasteiger partial charge in [0.25, 0.3) is 0 Å². The number of fused-ring (bicyclic) bond motifs is 8. The van der Waals surface area contributed by atoms with Crippen molar-refractivity contribution in [2.75, 3.05) is 0 Å². The van der Waals surface area contributed by atoms with Crippen molar-refractivity contribution in [2.45, 2.75) is 0 Å². The minimum absolute atomic E-state index is 0.624. The van der Waals surface area contributed by atoms with Crippen molar-refractivity contribution >= 4 is 65.3 Å². The number of nitrogens with zero attached hydrogens (tertiary/aromatic N) is 4. The molecule has 1 aliphatic carbocycles. The van der Waals surface area contributed by atoms with Crippen LogP contribution in [0.2, 0.25) is 0 Å². The summed E-state index contributed by atoms with van der Waals surface area (Å²) in [4.78, 5) is 15.1. The van der Waals surface area contributed by atoms with Crippen LogP contribution in [-0.4, -0.2) is 19.5 Å². The fourth-order valence-electron chi connectivity index (χ4n) is 9.39. The molecule has 0 aliphatic heterocycles. The lowest BCUT2D eigenvalue weighted by molar-refractivity contribution is 0.669. The van der Waals surface area contributed by atoms with E-state index >= 15 is 0 Å². The minimum Gasteiger partial charge on any atom is -0.456 e. The van der Waals surface area contributed by atoms with E-state index < -0.39 is 0 Å². The molecule has 13 rings (SSSR count). The Kier molecular flexibility index (Phi) is 6.38. The highest BCUT2D eigenvalue weighted by molar-refractivity contribution is 6.35. The molecule has 0 spiro atoms. The highest BCUT2D eigenvalue weighted by Crippen LogP contribution is 2.53. The molecule has 268 valence electrons. The first-order chi connectivity index (χ1) is 28.7. The van der Waals surface area contributed by atoms with Crippen molar-refractivity contribution in [1.29, 1.82) is 0 Å². The van der Waals surface area contributed by atoms with Gasteiger partial charge in [0.15, 0.2) is 17.5 Å². The van der Waals surface area contributed by atoms with E-state index in [-0.39, 0.29) is 0 Å². The van der Waals surface area contributed by atoms with E-state index in [4.69, 9.17) is 19.4 Å². The van der Waals surface area contributed by atoms with E-state index in [9.17, 15) is 0 Å². The van der Waals surface area contributed by atoms with Gasteiger partial charge in [0.1, 0.15) is 11.2 Å². The number of para-hydroxylation sites is 1. The Balaban J connectivity index is 1.06. The number of aromatic nitrogens is 4. The summed E-state index contributed by atoms with van der Waals surface area (Å²) in [6.07, 6.45) is 0. The van der Waals surface area contributed by atoms with Crippen LogP contribution in [0.5, 0.6) is 0 Å². The predicted octanol–water partition coefficient (Wildman–Crippen LogP) is 13.8. The van der Waals surface area contributed by atoms with Crippen LogP contribution in [0.3, 0.4) is 0 Å². The van der Waals surface area contributed by atoms with E-state index in [1.807, 2.05) is 36.4 Å². The first-order valence-electron chi connectivity index (χ1n) is 19.6. The Morgan fingerprint density at radius 3 is 1.84 bits per heavy atom. The molecule has 3 heterocycles. The van der Waals surface area contributed by atoms with Gasteiger partial charge < -0.3 is 8.98 Å². The molecule has 5 heteroatoms. The van der Waals surface area contributed by atoms with Crippen LogP contribution in [0, 0.1) is 0 Å². The number of hydrogen-bond acceptors (Lipinski definition) is 4. The molecule has 1 aliphatic rings. The van der Waals surface area contributed by atoms with Crippen LogP contribution >= 0.6 is 0 Å². The van der Waals surface area contributed by atoms with E-state index in [0.717, 1.165) is 60.7 Å². The summed E-state index contributed by atoms with van der Waals surface area (Å²) in [5, 5.41) is 9.61. The van der Waals surface area contributed by atoms with Crippen LogP contribution in [0.15, 0.2) is 186 Å². The second-order valence-electron chi connectivity index (χ2n) is 15.1. The zero-order valence-electron chi connectivity index (χ0n) is 31.0. The molecular weight excluding hydrogens is 709 g/mol. The summed E-state index contributed by atoms with van der Waals surface area (Å²) in [6, 6.07) is 64.3. The molecule has 0 bridgehead atoms. The van der Waals surface area contributed by atoms with Gasteiger partial charge in [-0.2, -0.15) is 0 Å². The first kappa shape index (κ1) is 31.3. The summed E-state index contributed by atoms with van der Waals surface area (Å²) in [5.74, 6) is 1.90.